The van der Waals surface area contributed by atoms with Gasteiger partial charge in [0.05, 0.1) is 28.6 Å². The van der Waals surface area contributed by atoms with Crippen LogP contribution in [-0.2, 0) is 19.6 Å². The van der Waals surface area contributed by atoms with E-state index in [9.17, 15) is 23.2 Å². The first-order chi connectivity index (χ1) is 22.7. The maximum absolute atomic E-state index is 14.9. The maximum Gasteiger partial charge on any atom is 0.417 e. The van der Waals surface area contributed by atoms with Crippen molar-refractivity contribution in [2.24, 2.45) is 17.9 Å². The number of anilines is 1. The molecule has 4 aromatic heterocycles. The van der Waals surface area contributed by atoms with E-state index < -0.39 is 11.7 Å². The van der Waals surface area contributed by atoms with Crippen LogP contribution in [0.2, 0.25) is 0 Å². The van der Waals surface area contributed by atoms with E-state index in [-0.39, 0.29) is 40.2 Å². The Kier molecular flexibility index (Phi) is 6.43. The summed E-state index contributed by atoms with van der Waals surface area (Å²) in [5, 5.41) is 9.52. The Bertz CT molecular complexity index is 2170. The molecule has 0 radical (unpaired) electrons. The number of aromatic nitrogens is 5. The van der Waals surface area contributed by atoms with Gasteiger partial charge in [-0.15, -0.1) is 0 Å². The molecule has 48 heavy (non-hydrogen) atoms. The number of likely N-dealkylation sites (N-methyl/N-ethyl adjacent to an activating group) is 1. The van der Waals surface area contributed by atoms with Crippen LogP contribution in [0.3, 0.4) is 0 Å². The van der Waals surface area contributed by atoms with Crippen molar-refractivity contribution in [1.29, 1.82) is 5.26 Å². The quantitative estimate of drug-likeness (QED) is 0.191. The van der Waals surface area contributed by atoms with E-state index in [4.69, 9.17) is 0 Å². The number of likely N-dealkylation sites (tertiary alicyclic amines) is 1. The van der Waals surface area contributed by atoms with Gasteiger partial charge in [-0.3, -0.25) is 0 Å². The molecular formula is C36H37F3N8O. The van der Waals surface area contributed by atoms with Gasteiger partial charge in [-0.25, -0.2) is 19.3 Å². The highest BCUT2D eigenvalue weighted by atomic mass is 19.4. The SMILES string of the molecule is CN1CCc2cc(C3CC4(C3)CC(C(C)(C)C)N(C(=O)n3ccnc3C#N)C4)n3cccc(c23)-c2c(C(F)(F)F)cc3c(ncn3C)c21. The minimum absolute atomic E-state index is 0.0171. The molecule has 8 rings (SSSR count). The molecule has 1 atom stereocenters. The van der Waals surface area contributed by atoms with Crippen LogP contribution in [0.25, 0.3) is 27.7 Å². The van der Waals surface area contributed by atoms with Crippen molar-refractivity contribution in [2.45, 2.75) is 64.6 Å². The predicted octanol–water partition coefficient (Wildman–Crippen LogP) is 7.22. The number of rotatable bonds is 1. The van der Waals surface area contributed by atoms with Crippen LogP contribution in [0.4, 0.5) is 23.7 Å². The highest BCUT2D eigenvalue weighted by molar-refractivity contribution is 6.04. The lowest BCUT2D eigenvalue weighted by molar-refractivity contribution is -0.137. The Morgan fingerprint density at radius 3 is 2.56 bits per heavy atom. The van der Waals surface area contributed by atoms with Crippen LogP contribution in [0.5, 0.6) is 0 Å². The Morgan fingerprint density at radius 2 is 1.85 bits per heavy atom. The minimum atomic E-state index is -4.56. The number of carbonyl (C=O) groups is 1. The third-order valence-electron chi connectivity index (χ3n) is 11.0. The summed E-state index contributed by atoms with van der Waals surface area (Å²) in [6, 6.07) is 8.87. The van der Waals surface area contributed by atoms with Gasteiger partial charge in [0.15, 0.2) is 0 Å². The highest BCUT2D eigenvalue weighted by Crippen LogP contribution is 2.60. The smallest absolute Gasteiger partial charge is 0.372 e. The third kappa shape index (κ3) is 4.39. The summed E-state index contributed by atoms with van der Waals surface area (Å²) in [4.78, 5) is 26.2. The predicted molar refractivity (Wildman–Crippen MR) is 176 cm³/mol. The first-order valence-electron chi connectivity index (χ1n) is 16.3. The number of hydrogen-bond donors (Lipinski definition) is 0. The summed E-state index contributed by atoms with van der Waals surface area (Å²) < 4.78 is 49.7. The fraction of sp³-hybridized carbons (Fsp3) is 0.444. The van der Waals surface area contributed by atoms with E-state index in [1.165, 1.54) is 16.8 Å². The van der Waals surface area contributed by atoms with Gasteiger partial charge in [0.25, 0.3) is 0 Å². The number of fused-ring (bicyclic) bond motifs is 4. The molecule has 1 aliphatic carbocycles. The third-order valence-corrected chi connectivity index (χ3v) is 11.0. The number of imidazole rings is 2. The van der Waals surface area contributed by atoms with Gasteiger partial charge in [0.1, 0.15) is 11.6 Å². The summed E-state index contributed by atoms with van der Waals surface area (Å²) in [6.07, 6.45) is 5.28. The van der Waals surface area contributed by atoms with Gasteiger partial charge in [-0.1, -0.05) is 26.8 Å². The number of amides is 1. The van der Waals surface area contributed by atoms with Crippen LogP contribution in [-0.4, -0.2) is 60.6 Å². The number of halogens is 3. The average Bonchev–Trinajstić information content (AvgIpc) is 3.80. The van der Waals surface area contributed by atoms with Crippen LogP contribution >= 0.6 is 0 Å². The van der Waals surface area contributed by atoms with E-state index in [0.29, 0.717) is 41.8 Å². The van der Waals surface area contributed by atoms with E-state index in [1.807, 2.05) is 41.2 Å². The molecule has 3 aliphatic rings. The zero-order valence-electron chi connectivity index (χ0n) is 27.6. The second-order valence-corrected chi connectivity index (χ2v) is 15.1. The van der Waals surface area contributed by atoms with E-state index in [0.717, 1.165) is 36.0 Å². The average molecular weight is 655 g/mol. The Balaban J connectivity index is 1.19. The number of carbonyl (C=O) groups excluding carboxylic acids is 1. The zero-order valence-corrected chi connectivity index (χ0v) is 27.6. The van der Waals surface area contributed by atoms with Crippen molar-refractivity contribution in [3.05, 3.63) is 71.8 Å². The van der Waals surface area contributed by atoms with Crippen molar-refractivity contribution in [1.82, 2.24) is 28.4 Å². The molecule has 1 aromatic carbocycles. The van der Waals surface area contributed by atoms with Crippen LogP contribution < -0.4 is 4.90 Å². The molecule has 5 aromatic rings. The second-order valence-electron chi connectivity index (χ2n) is 15.1. The molecule has 1 saturated heterocycles. The molecule has 0 N–H and O–H groups in total. The van der Waals surface area contributed by atoms with Crippen LogP contribution in [0, 0.1) is 22.2 Å². The standard InChI is InChI=1S/C36H37F3N8O/c1-34(2,3)27-17-35(19-47(27)33(48)46-12-9-41-28(46)18-40)15-22(16-35)25-13-21-8-11-43(4)32-29(23-7-6-10-45(25)31(21)23)24(36(37,38)39)14-26-30(32)42-20-44(26)5/h6-7,9-10,12-14,20,22,27H,8,11,15-17,19H2,1-5H3. The lowest BCUT2D eigenvalue weighted by Crippen LogP contribution is -2.45. The van der Waals surface area contributed by atoms with Gasteiger partial charge >= 0.3 is 12.2 Å². The fourth-order valence-corrected chi connectivity index (χ4v) is 8.79. The molecule has 1 spiro atoms. The number of alkyl halides is 3. The van der Waals surface area contributed by atoms with Crippen LogP contribution in [0.15, 0.2) is 49.2 Å². The molecule has 6 heterocycles. The van der Waals surface area contributed by atoms with Gasteiger partial charge < -0.3 is 18.8 Å². The molecule has 248 valence electrons. The van der Waals surface area contributed by atoms with Crippen molar-refractivity contribution >= 4 is 28.3 Å². The largest absolute Gasteiger partial charge is 0.417 e. The second kappa shape index (κ2) is 10.1. The van der Waals surface area contributed by atoms with Gasteiger partial charge in [0.2, 0.25) is 5.82 Å². The van der Waals surface area contributed by atoms with Gasteiger partial charge in [-0.2, -0.15) is 18.4 Å². The molecule has 0 bridgehead atoms. The fourth-order valence-electron chi connectivity index (χ4n) is 8.79. The van der Waals surface area contributed by atoms with E-state index in [1.54, 1.807) is 24.1 Å². The van der Waals surface area contributed by atoms with Crippen LogP contribution in [0.1, 0.15) is 68.6 Å². The van der Waals surface area contributed by atoms with E-state index in [2.05, 4.69) is 41.2 Å². The number of pyridine rings is 1. The maximum atomic E-state index is 14.9. The number of benzene rings is 1. The molecule has 2 fully saturated rings. The first kappa shape index (κ1) is 30.5. The lowest BCUT2D eigenvalue weighted by atomic mass is 9.59. The summed E-state index contributed by atoms with van der Waals surface area (Å²) in [5.74, 6) is 0.267. The van der Waals surface area contributed by atoms with Gasteiger partial charge in [-0.05, 0) is 60.3 Å². The van der Waals surface area contributed by atoms with Crippen molar-refractivity contribution < 1.29 is 18.0 Å². The molecule has 1 amide bonds. The summed E-state index contributed by atoms with van der Waals surface area (Å²) >= 11 is 0. The monoisotopic (exact) mass is 654 g/mol. The molecule has 1 unspecified atom stereocenters. The first-order valence-corrected chi connectivity index (χ1v) is 16.3. The van der Waals surface area contributed by atoms with Crippen molar-refractivity contribution in [2.75, 3.05) is 25.0 Å². The minimum Gasteiger partial charge on any atom is -0.372 e. The lowest BCUT2D eigenvalue weighted by Gasteiger charge is -2.45. The van der Waals surface area contributed by atoms with Crippen molar-refractivity contribution in [3.8, 4) is 17.2 Å². The summed E-state index contributed by atoms with van der Waals surface area (Å²) in [5.41, 5.74) is 4.30. The number of hydrogen-bond acceptors (Lipinski definition) is 5. The molecular weight excluding hydrogens is 617 g/mol. The Hall–Kier alpha value is -4.79. The summed E-state index contributed by atoms with van der Waals surface area (Å²) in [7, 11) is 3.58. The zero-order chi connectivity index (χ0) is 33.9. The normalized spacial score (nSPS) is 22.6. The molecule has 1 saturated carbocycles. The van der Waals surface area contributed by atoms with Gasteiger partial charge in [0, 0.05) is 74.6 Å². The topological polar surface area (TPSA) is 87.4 Å². The number of nitriles is 1. The highest BCUT2D eigenvalue weighted by Gasteiger charge is 2.56. The number of nitrogens with zero attached hydrogens (tertiary/aromatic N) is 8. The van der Waals surface area contributed by atoms with E-state index >= 15 is 0 Å². The molecule has 2 aliphatic heterocycles. The van der Waals surface area contributed by atoms with Crippen molar-refractivity contribution in [3.63, 3.8) is 0 Å². The number of aryl methyl sites for hydroxylation is 1. The molecule has 12 heteroatoms. The Labute approximate surface area is 276 Å². The molecule has 9 nitrogen and oxygen atoms in total. The summed E-state index contributed by atoms with van der Waals surface area (Å²) in [6.45, 7) is 7.56. The Morgan fingerprint density at radius 1 is 1.08 bits per heavy atom.